The standard InChI is InChI=1S/C17H22F2N4/c1-4-20-17(23(3)12-15-6-5-9-22(15)2)21-11-13-10-14(18)7-8-16(13)19/h5-10H,4,11-12H2,1-3H3,(H,20,21). The number of guanidine groups is 1. The fraction of sp³-hybridized carbons (Fsp3) is 0.353. The summed E-state index contributed by atoms with van der Waals surface area (Å²) in [5.74, 6) is -0.257. The summed E-state index contributed by atoms with van der Waals surface area (Å²) in [7, 11) is 3.89. The Kier molecular flexibility index (Phi) is 5.73. The van der Waals surface area contributed by atoms with Gasteiger partial charge in [0.15, 0.2) is 5.96 Å². The number of aryl methyl sites for hydroxylation is 1. The molecule has 124 valence electrons. The number of aliphatic imine (C=N–C) groups is 1. The summed E-state index contributed by atoms with van der Waals surface area (Å²) in [6.45, 7) is 3.42. The Bertz CT molecular complexity index is 679. The first-order valence-electron chi connectivity index (χ1n) is 7.55. The van der Waals surface area contributed by atoms with Crippen LogP contribution in [0.1, 0.15) is 18.2 Å². The van der Waals surface area contributed by atoms with E-state index in [9.17, 15) is 8.78 Å². The van der Waals surface area contributed by atoms with Crippen molar-refractivity contribution >= 4 is 5.96 Å². The summed E-state index contributed by atoms with van der Waals surface area (Å²) < 4.78 is 29.0. The van der Waals surface area contributed by atoms with Crippen molar-refractivity contribution in [1.29, 1.82) is 0 Å². The highest BCUT2D eigenvalue weighted by Crippen LogP contribution is 2.11. The van der Waals surface area contributed by atoms with Gasteiger partial charge >= 0.3 is 0 Å². The minimum absolute atomic E-state index is 0.0867. The molecule has 0 aliphatic rings. The molecule has 0 fully saturated rings. The molecule has 0 radical (unpaired) electrons. The highest BCUT2D eigenvalue weighted by molar-refractivity contribution is 5.79. The van der Waals surface area contributed by atoms with Gasteiger partial charge in [0.1, 0.15) is 11.6 Å². The molecule has 1 heterocycles. The van der Waals surface area contributed by atoms with Crippen molar-refractivity contribution in [3.63, 3.8) is 0 Å². The van der Waals surface area contributed by atoms with Crippen molar-refractivity contribution in [2.45, 2.75) is 20.0 Å². The van der Waals surface area contributed by atoms with Crippen molar-refractivity contribution < 1.29 is 8.78 Å². The second kappa shape index (κ2) is 7.76. The molecule has 0 aliphatic carbocycles. The van der Waals surface area contributed by atoms with Crippen LogP contribution in [0.2, 0.25) is 0 Å². The Labute approximate surface area is 135 Å². The zero-order valence-corrected chi connectivity index (χ0v) is 13.7. The molecular formula is C17H22F2N4. The van der Waals surface area contributed by atoms with Gasteiger partial charge in [-0.25, -0.2) is 13.8 Å². The van der Waals surface area contributed by atoms with Crippen LogP contribution >= 0.6 is 0 Å². The maximum atomic E-state index is 13.7. The average Bonchev–Trinajstić information content (AvgIpc) is 2.91. The zero-order valence-electron chi connectivity index (χ0n) is 13.7. The molecule has 0 saturated carbocycles. The van der Waals surface area contributed by atoms with Gasteiger partial charge < -0.3 is 14.8 Å². The van der Waals surface area contributed by atoms with Crippen LogP contribution in [0.5, 0.6) is 0 Å². The van der Waals surface area contributed by atoms with Gasteiger partial charge in [-0.1, -0.05) is 0 Å². The number of nitrogens with one attached hydrogen (secondary N) is 1. The van der Waals surface area contributed by atoms with E-state index >= 15 is 0 Å². The lowest BCUT2D eigenvalue weighted by molar-refractivity contribution is 0.461. The summed E-state index contributed by atoms with van der Waals surface area (Å²) in [4.78, 5) is 6.37. The van der Waals surface area contributed by atoms with Crippen molar-refractivity contribution in [2.75, 3.05) is 13.6 Å². The van der Waals surface area contributed by atoms with E-state index in [1.54, 1.807) is 0 Å². The summed E-state index contributed by atoms with van der Waals surface area (Å²) in [5.41, 5.74) is 1.38. The summed E-state index contributed by atoms with van der Waals surface area (Å²) in [6, 6.07) is 7.43. The Morgan fingerprint density at radius 2 is 2.09 bits per heavy atom. The number of hydrogen-bond donors (Lipinski definition) is 1. The SMILES string of the molecule is CCNC(=NCc1cc(F)ccc1F)N(C)Cc1cccn1C. The third-order valence-corrected chi connectivity index (χ3v) is 3.55. The molecule has 2 aromatic rings. The topological polar surface area (TPSA) is 32.6 Å². The number of halogens is 2. The largest absolute Gasteiger partial charge is 0.357 e. The Hall–Kier alpha value is -2.37. The summed E-state index contributed by atoms with van der Waals surface area (Å²) in [5, 5.41) is 3.17. The zero-order chi connectivity index (χ0) is 16.8. The smallest absolute Gasteiger partial charge is 0.194 e. The first-order chi connectivity index (χ1) is 11.0. The third kappa shape index (κ3) is 4.55. The molecule has 0 spiro atoms. The van der Waals surface area contributed by atoms with E-state index in [1.807, 2.05) is 48.8 Å². The van der Waals surface area contributed by atoms with Gasteiger partial charge in [-0.3, -0.25) is 0 Å². The van der Waals surface area contributed by atoms with E-state index < -0.39 is 11.6 Å². The molecule has 0 amide bonds. The van der Waals surface area contributed by atoms with E-state index in [1.165, 1.54) is 6.07 Å². The van der Waals surface area contributed by atoms with Gasteiger partial charge in [-0.2, -0.15) is 0 Å². The Morgan fingerprint density at radius 3 is 2.74 bits per heavy atom. The number of rotatable bonds is 5. The van der Waals surface area contributed by atoms with Crippen LogP contribution in [-0.2, 0) is 20.1 Å². The number of hydrogen-bond acceptors (Lipinski definition) is 1. The molecule has 0 saturated heterocycles. The van der Waals surface area contributed by atoms with E-state index in [0.717, 1.165) is 17.8 Å². The molecule has 0 atom stereocenters. The molecule has 0 bridgehead atoms. The van der Waals surface area contributed by atoms with Gasteiger partial charge in [0, 0.05) is 38.1 Å². The summed E-state index contributed by atoms with van der Waals surface area (Å²) >= 11 is 0. The molecule has 1 aromatic carbocycles. The molecule has 2 rings (SSSR count). The fourth-order valence-corrected chi connectivity index (χ4v) is 2.27. The normalized spacial score (nSPS) is 11.6. The van der Waals surface area contributed by atoms with Crippen LogP contribution in [-0.4, -0.2) is 29.0 Å². The monoisotopic (exact) mass is 320 g/mol. The molecule has 0 unspecified atom stereocenters. The molecule has 0 aliphatic heterocycles. The first-order valence-corrected chi connectivity index (χ1v) is 7.55. The van der Waals surface area contributed by atoms with Crippen molar-refractivity contribution in [3.8, 4) is 0 Å². The van der Waals surface area contributed by atoms with Crippen LogP contribution in [0, 0.1) is 11.6 Å². The second-order valence-electron chi connectivity index (χ2n) is 5.37. The van der Waals surface area contributed by atoms with E-state index in [-0.39, 0.29) is 12.1 Å². The minimum Gasteiger partial charge on any atom is -0.357 e. The molecule has 1 N–H and O–H groups in total. The lowest BCUT2D eigenvalue weighted by Gasteiger charge is -2.22. The van der Waals surface area contributed by atoms with Gasteiger partial charge in [-0.15, -0.1) is 0 Å². The lowest BCUT2D eigenvalue weighted by atomic mass is 10.2. The predicted molar refractivity (Wildman–Crippen MR) is 88.1 cm³/mol. The van der Waals surface area contributed by atoms with Gasteiger partial charge in [0.25, 0.3) is 0 Å². The van der Waals surface area contributed by atoms with Crippen LogP contribution in [0.15, 0.2) is 41.5 Å². The van der Waals surface area contributed by atoms with Crippen LogP contribution in [0.25, 0.3) is 0 Å². The van der Waals surface area contributed by atoms with Crippen LogP contribution in [0.4, 0.5) is 8.78 Å². The third-order valence-electron chi connectivity index (χ3n) is 3.55. The maximum Gasteiger partial charge on any atom is 0.194 e. The van der Waals surface area contributed by atoms with Crippen LogP contribution < -0.4 is 5.32 Å². The van der Waals surface area contributed by atoms with Crippen molar-refractivity contribution in [3.05, 3.63) is 59.4 Å². The predicted octanol–water partition coefficient (Wildman–Crippen LogP) is 2.90. The molecule has 4 nitrogen and oxygen atoms in total. The second-order valence-corrected chi connectivity index (χ2v) is 5.37. The minimum atomic E-state index is -0.459. The Morgan fingerprint density at radius 1 is 1.30 bits per heavy atom. The molecule has 23 heavy (non-hydrogen) atoms. The van der Waals surface area contributed by atoms with Crippen molar-refractivity contribution in [1.82, 2.24) is 14.8 Å². The highest BCUT2D eigenvalue weighted by Gasteiger charge is 2.09. The van der Waals surface area contributed by atoms with E-state index in [2.05, 4.69) is 10.3 Å². The molecule has 6 heteroatoms. The van der Waals surface area contributed by atoms with Gasteiger partial charge in [0.2, 0.25) is 0 Å². The highest BCUT2D eigenvalue weighted by atomic mass is 19.1. The quantitative estimate of drug-likeness (QED) is 0.679. The van der Waals surface area contributed by atoms with E-state index in [4.69, 9.17) is 0 Å². The average molecular weight is 320 g/mol. The molecular weight excluding hydrogens is 298 g/mol. The maximum absolute atomic E-state index is 13.7. The van der Waals surface area contributed by atoms with E-state index in [0.29, 0.717) is 19.0 Å². The Balaban J connectivity index is 2.13. The number of benzene rings is 1. The van der Waals surface area contributed by atoms with Gasteiger partial charge in [-0.05, 0) is 37.3 Å². The van der Waals surface area contributed by atoms with Crippen molar-refractivity contribution in [2.24, 2.45) is 12.0 Å². The fourth-order valence-electron chi connectivity index (χ4n) is 2.27. The number of nitrogens with zero attached hydrogens (tertiary/aromatic N) is 3. The summed E-state index contributed by atoms with van der Waals surface area (Å²) in [6.07, 6.45) is 1.98. The molecule has 1 aromatic heterocycles. The first kappa shape index (κ1) is 17.0. The van der Waals surface area contributed by atoms with Gasteiger partial charge in [0.05, 0.1) is 13.1 Å². The van der Waals surface area contributed by atoms with Crippen LogP contribution in [0.3, 0.4) is 0 Å². The lowest BCUT2D eigenvalue weighted by Crippen LogP contribution is -2.38. The number of aromatic nitrogens is 1.